The zero-order valence-corrected chi connectivity index (χ0v) is 22.5. The van der Waals surface area contributed by atoms with Crippen LogP contribution in [0.15, 0.2) is 76.4 Å². The third-order valence-electron chi connectivity index (χ3n) is 6.90. The minimum Gasteiger partial charge on any atom is -0.489 e. The third-order valence-corrected chi connectivity index (χ3v) is 8.78. The molecule has 4 aromatic rings. The quantitative estimate of drug-likeness (QED) is 0.232. The Hall–Kier alpha value is -4.26. The molecule has 10 nitrogen and oxygen atoms in total. The van der Waals surface area contributed by atoms with E-state index in [-0.39, 0.29) is 29.1 Å². The smallest absolute Gasteiger partial charge is 0.276 e. The first-order valence-corrected chi connectivity index (χ1v) is 13.9. The summed E-state index contributed by atoms with van der Waals surface area (Å²) in [5, 5.41) is 12.3. The fraction of sp³-hybridized carbons (Fsp3) is 0.214. The molecule has 1 aliphatic heterocycles. The molecule has 0 bridgehead atoms. The number of aromatic nitrogens is 2. The minimum absolute atomic E-state index is 0.0817. The lowest BCUT2D eigenvalue weighted by atomic mass is 10.0. The predicted octanol–water partition coefficient (Wildman–Crippen LogP) is 3.29. The van der Waals surface area contributed by atoms with Crippen molar-refractivity contribution in [2.24, 2.45) is 0 Å². The van der Waals surface area contributed by atoms with Gasteiger partial charge in [-0.3, -0.25) is 19.9 Å². The molecule has 2 heterocycles. The molecule has 1 aliphatic rings. The van der Waals surface area contributed by atoms with E-state index in [0.717, 1.165) is 31.7 Å². The van der Waals surface area contributed by atoms with Crippen molar-refractivity contribution in [1.82, 2.24) is 19.6 Å². The molecule has 208 valence electrons. The number of carbonyl (C=O) groups excluding carboxylic acids is 1. The summed E-state index contributed by atoms with van der Waals surface area (Å²) < 4.78 is 49.0. The largest absolute Gasteiger partial charge is 0.489 e. The molecule has 12 heteroatoms. The fourth-order valence-electron chi connectivity index (χ4n) is 4.80. The van der Waals surface area contributed by atoms with Gasteiger partial charge in [0.15, 0.2) is 0 Å². The summed E-state index contributed by atoms with van der Waals surface area (Å²) in [6, 6.07) is 15.4. The number of aryl methyl sites for hydroxylation is 2. The second-order valence-corrected chi connectivity index (χ2v) is 11.4. The summed E-state index contributed by atoms with van der Waals surface area (Å²) in [6.07, 6.45) is 0.0817. The van der Waals surface area contributed by atoms with Gasteiger partial charge in [-0.2, -0.15) is 4.31 Å². The maximum atomic E-state index is 13.8. The van der Waals surface area contributed by atoms with Crippen molar-refractivity contribution in [3.63, 3.8) is 0 Å². The van der Waals surface area contributed by atoms with Crippen LogP contribution >= 0.6 is 0 Å². The number of ether oxygens (including phenoxy) is 1. The summed E-state index contributed by atoms with van der Waals surface area (Å²) in [5.74, 6) is -1.22. The van der Waals surface area contributed by atoms with Gasteiger partial charge in [0, 0.05) is 18.7 Å². The molecule has 0 saturated carbocycles. The minimum atomic E-state index is -4.30. The summed E-state index contributed by atoms with van der Waals surface area (Å²) in [6.45, 7) is 4.12. The number of hydrogen-bond acceptors (Lipinski definition) is 6. The first-order chi connectivity index (χ1) is 19.1. The Bertz CT molecular complexity index is 1750. The number of carbonyl (C=O) groups is 1. The highest BCUT2D eigenvalue weighted by molar-refractivity contribution is 7.89. The van der Waals surface area contributed by atoms with Crippen LogP contribution in [0, 0.1) is 19.7 Å². The number of sulfonamides is 1. The average Bonchev–Trinajstić information content (AvgIpc) is 3.29. The maximum absolute atomic E-state index is 13.8. The van der Waals surface area contributed by atoms with Crippen LogP contribution in [0.25, 0.3) is 5.69 Å². The zero-order valence-electron chi connectivity index (χ0n) is 21.7. The van der Waals surface area contributed by atoms with Crippen LogP contribution in [0.2, 0.25) is 0 Å². The third kappa shape index (κ3) is 5.04. The van der Waals surface area contributed by atoms with E-state index in [1.807, 2.05) is 32.0 Å². The van der Waals surface area contributed by atoms with Gasteiger partial charge in [0.25, 0.3) is 11.5 Å². The van der Waals surface area contributed by atoms with Gasteiger partial charge >= 0.3 is 0 Å². The van der Waals surface area contributed by atoms with Gasteiger partial charge in [-0.1, -0.05) is 29.8 Å². The molecule has 3 aromatic carbocycles. The number of amides is 1. The van der Waals surface area contributed by atoms with Crippen molar-refractivity contribution < 1.29 is 27.5 Å². The highest BCUT2D eigenvalue weighted by atomic mass is 32.2. The van der Waals surface area contributed by atoms with Crippen molar-refractivity contribution in [1.29, 1.82) is 0 Å². The van der Waals surface area contributed by atoms with E-state index in [9.17, 15) is 27.6 Å². The Morgan fingerprint density at radius 1 is 1.12 bits per heavy atom. The molecule has 40 heavy (non-hydrogen) atoms. The van der Waals surface area contributed by atoms with E-state index < -0.39 is 33.3 Å². The van der Waals surface area contributed by atoms with Gasteiger partial charge in [-0.15, -0.1) is 0 Å². The zero-order chi connectivity index (χ0) is 28.6. The van der Waals surface area contributed by atoms with Crippen molar-refractivity contribution in [3.05, 3.63) is 111 Å². The first-order valence-electron chi connectivity index (χ1n) is 12.4. The maximum Gasteiger partial charge on any atom is 0.276 e. The van der Waals surface area contributed by atoms with Crippen LogP contribution in [0.5, 0.6) is 5.75 Å². The van der Waals surface area contributed by atoms with Crippen molar-refractivity contribution in [2.75, 3.05) is 6.54 Å². The normalized spacial score (nSPS) is 15.4. The second-order valence-electron chi connectivity index (χ2n) is 9.56. The van der Waals surface area contributed by atoms with Crippen LogP contribution in [-0.4, -0.2) is 40.2 Å². The number of H-pyrrole nitrogens is 1. The van der Waals surface area contributed by atoms with Crippen LogP contribution in [0.4, 0.5) is 4.39 Å². The highest BCUT2D eigenvalue weighted by Crippen LogP contribution is 2.33. The number of fused-ring (bicyclic) bond motifs is 1. The van der Waals surface area contributed by atoms with Crippen LogP contribution < -0.4 is 15.8 Å². The SMILES string of the molecule is Cc1ccc(C)c(COc2ccc(S(=O)(=O)N3CCc4[nH]n(-c5cccc(F)c5)c(=O)c4C3C(=O)NO)cc2)c1. The van der Waals surface area contributed by atoms with Gasteiger partial charge in [-0.25, -0.2) is 23.0 Å². The Labute approximate surface area is 229 Å². The molecule has 5 rings (SSSR count). The number of hydroxylamine groups is 1. The molecule has 0 aliphatic carbocycles. The van der Waals surface area contributed by atoms with Gasteiger partial charge in [0.1, 0.15) is 24.2 Å². The molecule has 1 aromatic heterocycles. The number of halogens is 1. The molecule has 0 spiro atoms. The summed E-state index contributed by atoms with van der Waals surface area (Å²) in [4.78, 5) is 26.0. The molecule has 3 N–H and O–H groups in total. The molecular weight excluding hydrogens is 539 g/mol. The number of nitrogens with one attached hydrogen (secondary N) is 2. The lowest BCUT2D eigenvalue weighted by molar-refractivity contribution is -0.133. The highest BCUT2D eigenvalue weighted by Gasteiger charge is 2.43. The average molecular weight is 567 g/mol. The molecule has 1 atom stereocenters. The van der Waals surface area contributed by atoms with Crippen molar-refractivity contribution >= 4 is 15.9 Å². The number of benzene rings is 3. The van der Waals surface area contributed by atoms with Gasteiger partial charge in [0.2, 0.25) is 10.0 Å². The standard InChI is InChI=1S/C28H27FN4O6S/c1-17-6-7-18(2)19(14-17)16-39-22-8-10-23(11-9-22)40(37,38)32-13-12-24-25(26(32)27(34)31-36)28(35)33(30-24)21-5-3-4-20(29)15-21/h3-11,14-15,26,30,36H,12-13,16H2,1-2H3,(H,31,34). The molecule has 1 unspecified atom stereocenters. The lowest BCUT2D eigenvalue weighted by Crippen LogP contribution is -2.48. The van der Waals surface area contributed by atoms with Crippen LogP contribution in [0.1, 0.15) is 34.0 Å². The number of aromatic amines is 1. The van der Waals surface area contributed by atoms with Crippen molar-refractivity contribution in [2.45, 2.75) is 37.8 Å². The van der Waals surface area contributed by atoms with Gasteiger partial charge in [0.05, 0.1) is 16.1 Å². The van der Waals surface area contributed by atoms with E-state index in [2.05, 4.69) is 5.10 Å². The molecule has 1 amide bonds. The lowest BCUT2D eigenvalue weighted by Gasteiger charge is -2.32. The van der Waals surface area contributed by atoms with E-state index in [1.54, 1.807) is 0 Å². The van der Waals surface area contributed by atoms with E-state index in [1.165, 1.54) is 47.9 Å². The summed E-state index contributed by atoms with van der Waals surface area (Å²) in [7, 11) is -4.30. The Kier molecular flexibility index (Phi) is 7.32. The van der Waals surface area contributed by atoms with Gasteiger partial charge in [-0.05, 0) is 67.4 Å². The Morgan fingerprint density at radius 2 is 1.88 bits per heavy atom. The summed E-state index contributed by atoms with van der Waals surface area (Å²) >= 11 is 0. The molecule has 0 saturated heterocycles. The number of nitrogens with zero attached hydrogens (tertiary/aromatic N) is 2. The number of rotatable bonds is 7. The van der Waals surface area contributed by atoms with Crippen molar-refractivity contribution in [3.8, 4) is 11.4 Å². The van der Waals surface area contributed by atoms with Crippen LogP contribution in [-0.2, 0) is 27.8 Å². The first kappa shape index (κ1) is 27.3. The summed E-state index contributed by atoms with van der Waals surface area (Å²) in [5.41, 5.74) is 4.26. The molecule has 0 radical (unpaired) electrons. The van der Waals surface area contributed by atoms with E-state index >= 15 is 0 Å². The van der Waals surface area contributed by atoms with E-state index in [0.29, 0.717) is 18.1 Å². The Morgan fingerprint density at radius 3 is 2.58 bits per heavy atom. The monoisotopic (exact) mass is 566 g/mol. The predicted molar refractivity (Wildman–Crippen MR) is 143 cm³/mol. The number of hydrogen-bond donors (Lipinski definition) is 3. The van der Waals surface area contributed by atoms with E-state index in [4.69, 9.17) is 4.74 Å². The fourth-order valence-corrected chi connectivity index (χ4v) is 6.36. The second kappa shape index (κ2) is 10.7. The molecule has 0 fully saturated rings. The molecular formula is C28H27FN4O6S. The topological polar surface area (TPSA) is 134 Å². The van der Waals surface area contributed by atoms with Gasteiger partial charge < -0.3 is 4.74 Å². The van der Waals surface area contributed by atoms with Crippen LogP contribution in [0.3, 0.4) is 0 Å². The Balaban J connectivity index is 1.44.